The summed E-state index contributed by atoms with van der Waals surface area (Å²) in [4.78, 5) is 0. The lowest BCUT2D eigenvalue weighted by Crippen LogP contribution is -2.40. The number of halogens is 3. The molecule has 0 aromatic heterocycles. The van der Waals surface area contributed by atoms with Crippen molar-refractivity contribution < 1.29 is 13.2 Å². The second-order valence-electron chi connectivity index (χ2n) is 3.67. The van der Waals surface area contributed by atoms with Gasteiger partial charge in [-0.3, -0.25) is 0 Å². The zero-order valence-electron chi connectivity index (χ0n) is 8.88. The van der Waals surface area contributed by atoms with Crippen molar-refractivity contribution in [1.29, 1.82) is 0 Å². The molecule has 0 saturated carbocycles. The average molecular weight is 240 g/mol. The number of dihydropyridines is 1. The van der Waals surface area contributed by atoms with Crippen molar-refractivity contribution in [3.05, 3.63) is 59.7 Å². The first kappa shape index (κ1) is 11.6. The molecule has 0 amide bonds. The monoisotopic (exact) mass is 240 g/mol. The van der Waals surface area contributed by atoms with Crippen LogP contribution in [0, 0.1) is 5.82 Å². The SMILES string of the molecule is Fc1cccc(CNC2=CC=CC(F)(F)N2)c1. The van der Waals surface area contributed by atoms with Crippen LogP contribution in [0.25, 0.3) is 0 Å². The van der Waals surface area contributed by atoms with Crippen molar-refractivity contribution in [1.82, 2.24) is 10.6 Å². The topological polar surface area (TPSA) is 24.1 Å². The molecule has 0 fully saturated rings. The van der Waals surface area contributed by atoms with Gasteiger partial charge in [0.1, 0.15) is 11.6 Å². The van der Waals surface area contributed by atoms with Crippen LogP contribution < -0.4 is 10.6 Å². The molecule has 1 aromatic carbocycles. The van der Waals surface area contributed by atoms with Crippen LogP contribution in [0.4, 0.5) is 13.2 Å². The molecule has 2 nitrogen and oxygen atoms in total. The van der Waals surface area contributed by atoms with E-state index >= 15 is 0 Å². The van der Waals surface area contributed by atoms with Gasteiger partial charge in [0.25, 0.3) is 0 Å². The van der Waals surface area contributed by atoms with E-state index in [-0.39, 0.29) is 18.2 Å². The number of allylic oxidation sites excluding steroid dienone is 2. The summed E-state index contributed by atoms with van der Waals surface area (Å²) in [7, 11) is 0. The van der Waals surface area contributed by atoms with Crippen molar-refractivity contribution in [2.75, 3.05) is 0 Å². The van der Waals surface area contributed by atoms with Gasteiger partial charge in [-0.1, -0.05) is 18.2 Å². The summed E-state index contributed by atoms with van der Waals surface area (Å²) in [5.74, 6) is -0.137. The van der Waals surface area contributed by atoms with E-state index in [9.17, 15) is 13.2 Å². The van der Waals surface area contributed by atoms with Crippen molar-refractivity contribution in [2.45, 2.75) is 12.6 Å². The molecule has 2 rings (SSSR count). The Labute approximate surface area is 96.8 Å². The highest BCUT2D eigenvalue weighted by Gasteiger charge is 2.27. The van der Waals surface area contributed by atoms with Crippen LogP contribution in [-0.4, -0.2) is 6.05 Å². The molecule has 0 spiro atoms. The highest BCUT2D eigenvalue weighted by molar-refractivity contribution is 5.21. The summed E-state index contributed by atoms with van der Waals surface area (Å²) in [6.45, 7) is 0.278. The molecular weight excluding hydrogens is 229 g/mol. The Hall–Kier alpha value is -1.91. The van der Waals surface area contributed by atoms with E-state index in [1.54, 1.807) is 12.1 Å². The Kier molecular flexibility index (Phi) is 3.08. The number of rotatable bonds is 3. The van der Waals surface area contributed by atoms with E-state index < -0.39 is 6.05 Å². The van der Waals surface area contributed by atoms with E-state index in [1.807, 2.05) is 5.32 Å². The molecule has 2 N–H and O–H groups in total. The molecule has 1 aliphatic rings. The van der Waals surface area contributed by atoms with Crippen molar-refractivity contribution in [3.8, 4) is 0 Å². The van der Waals surface area contributed by atoms with Crippen LogP contribution in [0.1, 0.15) is 5.56 Å². The number of alkyl halides is 2. The van der Waals surface area contributed by atoms with Crippen LogP contribution in [0.15, 0.2) is 48.3 Å². The third kappa shape index (κ3) is 3.27. The van der Waals surface area contributed by atoms with E-state index in [1.165, 1.54) is 24.3 Å². The number of benzene rings is 1. The normalized spacial score (nSPS) is 17.2. The van der Waals surface area contributed by atoms with E-state index in [0.29, 0.717) is 5.56 Å². The highest BCUT2D eigenvalue weighted by atomic mass is 19.3. The van der Waals surface area contributed by atoms with Gasteiger partial charge in [0.05, 0.1) is 0 Å². The molecule has 0 aliphatic carbocycles. The lowest BCUT2D eigenvalue weighted by Gasteiger charge is -2.21. The van der Waals surface area contributed by atoms with Gasteiger partial charge in [0.15, 0.2) is 0 Å². The third-order valence-electron chi connectivity index (χ3n) is 2.24. The lowest BCUT2D eigenvalue weighted by molar-refractivity contribution is 0.0242. The zero-order chi connectivity index (χ0) is 12.3. The Morgan fingerprint density at radius 2 is 2.12 bits per heavy atom. The number of hydrogen-bond donors (Lipinski definition) is 2. The minimum atomic E-state index is -3.04. The maximum atomic E-state index is 12.9. The fraction of sp³-hybridized carbons (Fsp3) is 0.167. The number of nitrogens with one attached hydrogen (secondary N) is 2. The third-order valence-corrected chi connectivity index (χ3v) is 2.24. The predicted octanol–water partition coefficient (Wildman–Crippen LogP) is 2.51. The van der Waals surface area contributed by atoms with Gasteiger partial charge in [-0.2, -0.15) is 8.78 Å². The zero-order valence-corrected chi connectivity index (χ0v) is 8.88. The predicted molar refractivity (Wildman–Crippen MR) is 58.5 cm³/mol. The largest absolute Gasteiger partial charge is 0.368 e. The summed E-state index contributed by atoms with van der Waals surface area (Å²) in [6, 6.07) is 2.93. The molecule has 1 aliphatic heterocycles. The molecule has 0 unspecified atom stereocenters. The first-order chi connectivity index (χ1) is 8.05. The van der Waals surface area contributed by atoms with Crippen molar-refractivity contribution >= 4 is 0 Å². The molecule has 17 heavy (non-hydrogen) atoms. The summed E-state index contributed by atoms with van der Waals surface area (Å²) >= 11 is 0. The first-order valence-corrected chi connectivity index (χ1v) is 5.09. The Morgan fingerprint density at radius 1 is 1.29 bits per heavy atom. The Balaban J connectivity index is 1.95. The minimum absolute atomic E-state index is 0.210. The fourth-order valence-corrected chi connectivity index (χ4v) is 1.48. The maximum absolute atomic E-state index is 12.9. The van der Waals surface area contributed by atoms with Gasteiger partial charge >= 0.3 is 6.05 Å². The minimum Gasteiger partial charge on any atom is -0.368 e. The van der Waals surface area contributed by atoms with Gasteiger partial charge in [0.2, 0.25) is 0 Å². The van der Waals surface area contributed by atoms with Crippen LogP contribution in [0.3, 0.4) is 0 Å². The van der Waals surface area contributed by atoms with E-state index in [4.69, 9.17) is 0 Å². The summed E-state index contributed by atoms with van der Waals surface area (Å²) in [5, 5.41) is 4.79. The van der Waals surface area contributed by atoms with Crippen LogP contribution in [0.2, 0.25) is 0 Å². The lowest BCUT2D eigenvalue weighted by atomic mass is 10.2. The molecular formula is C12H11F3N2. The van der Waals surface area contributed by atoms with Gasteiger partial charge in [-0.05, 0) is 23.8 Å². The van der Waals surface area contributed by atoms with E-state index in [2.05, 4.69) is 5.32 Å². The maximum Gasteiger partial charge on any atom is 0.344 e. The Morgan fingerprint density at radius 3 is 2.82 bits per heavy atom. The van der Waals surface area contributed by atoms with Gasteiger partial charge in [0, 0.05) is 12.6 Å². The molecule has 0 radical (unpaired) electrons. The number of hydrogen-bond acceptors (Lipinski definition) is 2. The first-order valence-electron chi connectivity index (χ1n) is 5.09. The summed E-state index contributed by atoms with van der Waals surface area (Å²) in [5.41, 5.74) is 0.686. The van der Waals surface area contributed by atoms with Gasteiger partial charge in [-0.25, -0.2) is 4.39 Å². The molecule has 1 heterocycles. The second kappa shape index (κ2) is 4.53. The van der Waals surface area contributed by atoms with Gasteiger partial charge in [-0.15, -0.1) is 0 Å². The Bertz CT molecular complexity index is 467. The van der Waals surface area contributed by atoms with Gasteiger partial charge < -0.3 is 10.6 Å². The summed E-state index contributed by atoms with van der Waals surface area (Å²) < 4.78 is 38.7. The van der Waals surface area contributed by atoms with Crippen LogP contribution in [-0.2, 0) is 6.54 Å². The second-order valence-corrected chi connectivity index (χ2v) is 3.67. The van der Waals surface area contributed by atoms with Crippen molar-refractivity contribution in [2.24, 2.45) is 0 Å². The molecule has 5 heteroatoms. The average Bonchev–Trinajstić information content (AvgIpc) is 2.25. The molecule has 90 valence electrons. The smallest absolute Gasteiger partial charge is 0.344 e. The van der Waals surface area contributed by atoms with Crippen molar-refractivity contribution in [3.63, 3.8) is 0 Å². The van der Waals surface area contributed by atoms with E-state index in [0.717, 1.165) is 6.08 Å². The summed E-state index contributed by atoms with van der Waals surface area (Å²) in [6.07, 6.45) is 3.53. The quantitative estimate of drug-likeness (QED) is 0.793. The molecule has 0 atom stereocenters. The highest BCUT2D eigenvalue weighted by Crippen LogP contribution is 2.16. The molecule has 0 bridgehead atoms. The fourth-order valence-electron chi connectivity index (χ4n) is 1.48. The molecule has 0 saturated heterocycles. The van der Waals surface area contributed by atoms with Crippen LogP contribution >= 0.6 is 0 Å². The standard InChI is InChI=1S/C12H11F3N2/c13-10-4-1-3-9(7-10)8-16-11-5-2-6-12(14,15)17-11/h1-7,16-17H,8H2. The van der Waals surface area contributed by atoms with Crippen LogP contribution in [0.5, 0.6) is 0 Å². The molecule has 1 aromatic rings.